The van der Waals surface area contributed by atoms with E-state index in [1.165, 1.54) is 0 Å². The van der Waals surface area contributed by atoms with Gasteiger partial charge < -0.3 is 14.2 Å². The summed E-state index contributed by atoms with van der Waals surface area (Å²) in [6, 6.07) is 7.79. The highest BCUT2D eigenvalue weighted by Gasteiger charge is 2.31. The average molecular weight is 295 g/mol. The van der Waals surface area contributed by atoms with Crippen molar-refractivity contribution in [2.45, 2.75) is 26.4 Å². The van der Waals surface area contributed by atoms with Crippen molar-refractivity contribution in [3.63, 3.8) is 0 Å². The second-order valence-electron chi connectivity index (χ2n) is 6.19. The summed E-state index contributed by atoms with van der Waals surface area (Å²) >= 11 is 5.91. The lowest BCUT2D eigenvalue weighted by Crippen LogP contribution is -2.31. The van der Waals surface area contributed by atoms with Crippen LogP contribution in [0, 0.1) is 5.41 Å². The Bertz CT molecular complexity index is 507. The number of benzene rings is 1. The Morgan fingerprint density at radius 2 is 1.75 bits per heavy atom. The molecule has 2 saturated heterocycles. The third kappa shape index (κ3) is 2.94. The van der Waals surface area contributed by atoms with Crippen LogP contribution in [0.1, 0.15) is 31.9 Å². The van der Waals surface area contributed by atoms with Crippen LogP contribution in [0.3, 0.4) is 0 Å². The van der Waals surface area contributed by atoms with Crippen molar-refractivity contribution in [1.82, 2.24) is 0 Å². The third-order valence-corrected chi connectivity index (χ3v) is 3.86. The fraction of sp³-hybridized carbons (Fsp3) is 0.500. The van der Waals surface area contributed by atoms with Gasteiger partial charge in [0.1, 0.15) is 0 Å². The van der Waals surface area contributed by atoms with E-state index in [0.29, 0.717) is 25.8 Å². The smallest absolute Gasteiger partial charge is 0.280 e. The molecule has 1 atom stereocenters. The van der Waals surface area contributed by atoms with Crippen LogP contribution < -0.4 is 0 Å². The SMILES string of the molecule is CC1(C)COC(=C2COC(c3ccc(Cl)cc3)C2)OC1. The molecule has 2 aliphatic rings. The van der Waals surface area contributed by atoms with Gasteiger partial charge in [-0.05, 0) is 17.7 Å². The van der Waals surface area contributed by atoms with E-state index >= 15 is 0 Å². The Morgan fingerprint density at radius 3 is 2.40 bits per heavy atom. The number of hydrogen-bond donors (Lipinski definition) is 0. The molecule has 2 aliphatic heterocycles. The van der Waals surface area contributed by atoms with Gasteiger partial charge in [0, 0.05) is 22.4 Å². The van der Waals surface area contributed by atoms with E-state index in [-0.39, 0.29) is 11.5 Å². The lowest BCUT2D eigenvalue weighted by Gasteiger charge is -2.31. The zero-order valence-electron chi connectivity index (χ0n) is 11.8. The average Bonchev–Trinajstić information content (AvgIpc) is 2.89. The van der Waals surface area contributed by atoms with E-state index in [4.69, 9.17) is 25.8 Å². The molecule has 0 aromatic heterocycles. The summed E-state index contributed by atoms with van der Waals surface area (Å²) < 4.78 is 17.3. The summed E-state index contributed by atoms with van der Waals surface area (Å²) in [5, 5.41) is 0.742. The van der Waals surface area contributed by atoms with Crippen molar-refractivity contribution in [3.8, 4) is 0 Å². The van der Waals surface area contributed by atoms with Crippen LogP contribution in [0.2, 0.25) is 5.02 Å². The first-order valence-corrected chi connectivity index (χ1v) is 7.26. The highest BCUT2D eigenvalue weighted by Crippen LogP contribution is 2.36. The molecule has 108 valence electrons. The van der Waals surface area contributed by atoms with Crippen LogP contribution in [0.5, 0.6) is 0 Å². The van der Waals surface area contributed by atoms with Gasteiger partial charge in [0.2, 0.25) is 0 Å². The zero-order valence-corrected chi connectivity index (χ0v) is 12.6. The Kier molecular flexibility index (Phi) is 3.65. The maximum absolute atomic E-state index is 5.91. The fourth-order valence-electron chi connectivity index (χ4n) is 2.39. The van der Waals surface area contributed by atoms with Crippen LogP contribution >= 0.6 is 11.6 Å². The second-order valence-corrected chi connectivity index (χ2v) is 6.62. The molecule has 20 heavy (non-hydrogen) atoms. The van der Waals surface area contributed by atoms with Crippen molar-refractivity contribution in [3.05, 3.63) is 46.4 Å². The van der Waals surface area contributed by atoms with Crippen molar-refractivity contribution in [2.24, 2.45) is 5.41 Å². The maximum Gasteiger partial charge on any atom is 0.280 e. The first kappa shape index (κ1) is 13.8. The molecule has 1 unspecified atom stereocenters. The molecular weight excluding hydrogens is 276 g/mol. The quantitative estimate of drug-likeness (QED) is 0.781. The molecule has 0 N–H and O–H groups in total. The molecular formula is C16H19ClO3. The van der Waals surface area contributed by atoms with E-state index < -0.39 is 0 Å². The Morgan fingerprint density at radius 1 is 1.10 bits per heavy atom. The number of halogens is 1. The summed E-state index contributed by atoms with van der Waals surface area (Å²) in [7, 11) is 0. The molecule has 0 radical (unpaired) electrons. The van der Waals surface area contributed by atoms with E-state index in [1.807, 2.05) is 24.3 Å². The van der Waals surface area contributed by atoms with Gasteiger partial charge in [0.15, 0.2) is 0 Å². The molecule has 3 nitrogen and oxygen atoms in total. The first-order valence-electron chi connectivity index (χ1n) is 6.88. The van der Waals surface area contributed by atoms with Crippen LogP contribution in [0.25, 0.3) is 0 Å². The predicted molar refractivity (Wildman–Crippen MR) is 77.5 cm³/mol. The zero-order chi connectivity index (χ0) is 14.2. The van der Waals surface area contributed by atoms with Gasteiger partial charge in [-0.2, -0.15) is 0 Å². The van der Waals surface area contributed by atoms with E-state index in [9.17, 15) is 0 Å². The van der Waals surface area contributed by atoms with Gasteiger partial charge in [0.05, 0.1) is 25.9 Å². The summed E-state index contributed by atoms with van der Waals surface area (Å²) in [5.41, 5.74) is 2.33. The minimum Gasteiger partial charge on any atom is -0.465 e. The summed E-state index contributed by atoms with van der Waals surface area (Å²) in [4.78, 5) is 0. The number of hydrogen-bond acceptors (Lipinski definition) is 3. The van der Waals surface area contributed by atoms with Crippen molar-refractivity contribution < 1.29 is 14.2 Å². The summed E-state index contributed by atoms with van der Waals surface area (Å²) in [6.07, 6.45) is 0.883. The maximum atomic E-state index is 5.91. The van der Waals surface area contributed by atoms with Crippen LogP contribution in [0.4, 0.5) is 0 Å². The van der Waals surface area contributed by atoms with Crippen molar-refractivity contribution in [2.75, 3.05) is 19.8 Å². The fourth-order valence-corrected chi connectivity index (χ4v) is 2.51. The lowest BCUT2D eigenvalue weighted by atomic mass is 9.95. The molecule has 0 bridgehead atoms. The molecule has 0 aliphatic carbocycles. The lowest BCUT2D eigenvalue weighted by molar-refractivity contribution is -0.0878. The molecule has 2 heterocycles. The predicted octanol–water partition coefficient (Wildman–Crippen LogP) is 4.09. The van der Waals surface area contributed by atoms with Gasteiger partial charge in [-0.15, -0.1) is 0 Å². The summed E-state index contributed by atoms with van der Waals surface area (Å²) in [6.45, 7) is 6.23. The highest BCUT2D eigenvalue weighted by molar-refractivity contribution is 6.30. The van der Waals surface area contributed by atoms with Crippen LogP contribution in [-0.4, -0.2) is 19.8 Å². The Labute approximate surface area is 124 Å². The molecule has 2 fully saturated rings. The Balaban J connectivity index is 1.69. The topological polar surface area (TPSA) is 27.7 Å². The molecule has 1 aromatic carbocycles. The monoisotopic (exact) mass is 294 g/mol. The number of ether oxygens (including phenoxy) is 3. The first-order chi connectivity index (χ1) is 9.53. The standard InChI is InChI=1S/C16H19ClO3/c1-16(2)9-19-15(20-10-16)12-7-14(18-8-12)11-3-5-13(17)6-4-11/h3-6,14H,7-10H2,1-2H3. The van der Waals surface area contributed by atoms with Crippen molar-refractivity contribution in [1.29, 1.82) is 0 Å². The molecule has 1 aromatic rings. The van der Waals surface area contributed by atoms with Gasteiger partial charge in [0.25, 0.3) is 5.95 Å². The minimum atomic E-state index is 0.0666. The van der Waals surface area contributed by atoms with E-state index in [1.54, 1.807) is 0 Å². The summed E-state index contributed by atoms with van der Waals surface area (Å²) in [5.74, 6) is 0.667. The molecule has 0 spiro atoms. The normalized spacial score (nSPS) is 25.2. The molecule has 3 rings (SSSR count). The van der Waals surface area contributed by atoms with Gasteiger partial charge in [-0.3, -0.25) is 0 Å². The van der Waals surface area contributed by atoms with Gasteiger partial charge >= 0.3 is 0 Å². The van der Waals surface area contributed by atoms with Crippen LogP contribution in [0.15, 0.2) is 35.8 Å². The number of rotatable bonds is 1. The third-order valence-electron chi connectivity index (χ3n) is 3.61. The van der Waals surface area contributed by atoms with Gasteiger partial charge in [-0.25, -0.2) is 0 Å². The molecule has 0 saturated carbocycles. The molecule has 0 amide bonds. The van der Waals surface area contributed by atoms with E-state index in [2.05, 4.69) is 13.8 Å². The van der Waals surface area contributed by atoms with Gasteiger partial charge in [-0.1, -0.05) is 37.6 Å². The van der Waals surface area contributed by atoms with Crippen LogP contribution in [-0.2, 0) is 14.2 Å². The van der Waals surface area contributed by atoms with Crippen molar-refractivity contribution >= 4 is 11.6 Å². The Hall–Kier alpha value is -1.19. The van der Waals surface area contributed by atoms with E-state index in [0.717, 1.165) is 22.6 Å². The molecule has 4 heteroatoms. The highest BCUT2D eigenvalue weighted by atomic mass is 35.5. The minimum absolute atomic E-state index is 0.0666. The second kappa shape index (κ2) is 5.30. The largest absolute Gasteiger partial charge is 0.465 e.